The van der Waals surface area contributed by atoms with Crippen LogP contribution in [-0.4, -0.2) is 42.0 Å². The Balaban J connectivity index is 2.54. The lowest BCUT2D eigenvalue weighted by molar-refractivity contribution is -0.184. The van der Waals surface area contributed by atoms with Crippen LogP contribution in [0.15, 0.2) is 12.3 Å². The van der Waals surface area contributed by atoms with Crippen molar-refractivity contribution in [2.24, 2.45) is 5.92 Å². The second kappa shape index (κ2) is 7.18. The maximum Gasteiger partial charge on any atom is 0.394 e. The summed E-state index contributed by atoms with van der Waals surface area (Å²) in [5, 5.41) is 11.4. The van der Waals surface area contributed by atoms with Gasteiger partial charge in [0.05, 0.1) is 24.8 Å². The molecule has 3 N–H and O–H groups in total. The first-order valence-corrected chi connectivity index (χ1v) is 6.16. The number of aromatic nitrogens is 1. The van der Waals surface area contributed by atoms with Crippen molar-refractivity contribution in [3.05, 3.63) is 18.0 Å². The topological polar surface area (TPSA) is 74.4 Å². The first-order chi connectivity index (χ1) is 9.40. The summed E-state index contributed by atoms with van der Waals surface area (Å²) >= 11 is 0. The number of esters is 1. The number of aromatic amines is 1. The summed E-state index contributed by atoms with van der Waals surface area (Å²) in [6.07, 6.45) is -3.23. The largest absolute Gasteiger partial charge is 0.461 e. The lowest BCUT2D eigenvalue weighted by Gasteiger charge is -2.18. The fourth-order valence-corrected chi connectivity index (χ4v) is 1.63. The number of nitrogens with one attached hydrogen (secondary N) is 2. The smallest absolute Gasteiger partial charge is 0.394 e. The summed E-state index contributed by atoms with van der Waals surface area (Å²) < 4.78 is 42.1. The van der Waals surface area contributed by atoms with Crippen molar-refractivity contribution in [1.29, 1.82) is 0 Å². The van der Waals surface area contributed by atoms with E-state index in [9.17, 15) is 18.0 Å². The number of halogens is 3. The molecule has 1 atom stereocenters. The molecule has 0 aromatic carbocycles. The molecule has 0 aliphatic carbocycles. The van der Waals surface area contributed by atoms with Gasteiger partial charge in [-0.25, -0.2) is 4.79 Å². The SMILES string of the molecule is CCOC(=O)c1[nH]ccc1NCCC(CO)C(F)(F)F. The van der Waals surface area contributed by atoms with Gasteiger partial charge in [-0.15, -0.1) is 0 Å². The minimum Gasteiger partial charge on any atom is -0.461 e. The third-order valence-electron chi connectivity index (χ3n) is 2.72. The number of hydrogen-bond acceptors (Lipinski definition) is 4. The van der Waals surface area contributed by atoms with Crippen LogP contribution in [0.5, 0.6) is 0 Å². The third kappa shape index (κ3) is 4.44. The van der Waals surface area contributed by atoms with Crippen molar-refractivity contribution in [1.82, 2.24) is 4.98 Å². The molecule has 1 rings (SSSR count). The molecule has 0 saturated heterocycles. The number of hydrogen-bond donors (Lipinski definition) is 3. The van der Waals surface area contributed by atoms with Crippen molar-refractivity contribution in [3.8, 4) is 0 Å². The van der Waals surface area contributed by atoms with Gasteiger partial charge in [-0.2, -0.15) is 13.2 Å². The van der Waals surface area contributed by atoms with Gasteiger partial charge in [-0.3, -0.25) is 0 Å². The molecule has 1 heterocycles. The van der Waals surface area contributed by atoms with Gasteiger partial charge in [0.25, 0.3) is 0 Å². The van der Waals surface area contributed by atoms with Crippen molar-refractivity contribution in [3.63, 3.8) is 0 Å². The molecule has 8 heteroatoms. The molecular weight excluding hydrogens is 277 g/mol. The summed E-state index contributed by atoms with van der Waals surface area (Å²) in [6, 6.07) is 1.54. The van der Waals surface area contributed by atoms with Gasteiger partial charge in [0.15, 0.2) is 0 Å². The second-order valence-corrected chi connectivity index (χ2v) is 4.12. The molecule has 114 valence electrons. The van der Waals surface area contributed by atoms with Crippen LogP contribution in [0.1, 0.15) is 23.8 Å². The van der Waals surface area contributed by atoms with Gasteiger partial charge in [-0.05, 0) is 19.4 Å². The number of aliphatic hydroxyl groups excluding tert-OH is 1. The van der Waals surface area contributed by atoms with Gasteiger partial charge in [0.2, 0.25) is 0 Å². The number of ether oxygens (including phenoxy) is 1. The Labute approximate surface area is 114 Å². The predicted octanol–water partition coefficient (Wildman–Crippen LogP) is 2.16. The van der Waals surface area contributed by atoms with Crippen LogP contribution in [-0.2, 0) is 4.74 Å². The van der Waals surface area contributed by atoms with E-state index in [4.69, 9.17) is 9.84 Å². The van der Waals surface area contributed by atoms with Gasteiger partial charge >= 0.3 is 12.1 Å². The number of alkyl halides is 3. The van der Waals surface area contributed by atoms with Crippen LogP contribution in [0.3, 0.4) is 0 Å². The van der Waals surface area contributed by atoms with Crippen molar-refractivity contribution >= 4 is 11.7 Å². The highest BCUT2D eigenvalue weighted by atomic mass is 19.4. The molecular formula is C12H17F3N2O3. The number of carbonyl (C=O) groups is 1. The number of anilines is 1. The normalized spacial score (nSPS) is 13.1. The maximum absolute atomic E-state index is 12.4. The van der Waals surface area contributed by atoms with Gasteiger partial charge in [-0.1, -0.05) is 0 Å². The number of carbonyl (C=O) groups excluding carboxylic acids is 1. The van der Waals surface area contributed by atoms with Crippen molar-refractivity contribution in [2.75, 3.05) is 25.1 Å². The third-order valence-corrected chi connectivity index (χ3v) is 2.72. The van der Waals surface area contributed by atoms with Crippen LogP contribution in [0.2, 0.25) is 0 Å². The molecule has 0 amide bonds. The van der Waals surface area contributed by atoms with E-state index < -0.39 is 24.7 Å². The van der Waals surface area contributed by atoms with E-state index in [1.807, 2.05) is 0 Å². The fraction of sp³-hybridized carbons (Fsp3) is 0.583. The molecule has 0 aliphatic rings. The molecule has 1 aromatic rings. The average Bonchev–Trinajstić information content (AvgIpc) is 2.81. The van der Waals surface area contributed by atoms with Crippen LogP contribution < -0.4 is 5.32 Å². The molecule has 0 saturated carbocycles. The van der Waals surface area contributed by atoms with Crippen LogP contribution >= 0.6 is 0 Å². The zero-order valence-electron chi connectivity index (χ0n) is 11.0. The van der Waals surface area contributed by atoms with E-state index in [0.717, 1.165) is 0 Å². The van der Waals surface area contributed by atoms with Crippen molar-refractivity contribution in [2.45, 2.75) is 19.5 Å². The standard InChI is InChI=1S/C12H17F3N2O3/c1-2-20-11(19)10-9(4-6-17-10)16-5-3-8(7-18)12(13,14)15/h4,6,8,16-18H,2-3,5,7H2,1H3. The quantitative estimate of drug-likeness (QED) is 0.674. The highest BCUT2D eigenvalue weighted by Gasteiger charge is 2.38. The molecule has 20 heavy (non-hydrogen) atoms. The Morgan fingerprint density at radius 2 is 2.25 bits per heavy atom. The summed E-state index contributed by atoms with van der Waals surface area (Å²) in [4.78, 5) is 14.2. The highest BCUT2D eigenvalue weighted by Crippen LogP contribution is 2.28. The molecule has 0 spiro atoms. The monoisotopic (exact) mass is 294 g/mol. The number of aliphatic hydroxyl groups is 1. The highest BCUT2D eigenvalue weighted by molar-refractivity contribution is 5.93. The summed E-state index contributed by atoms with van der Waals surface area (Å²) in [7, 11) is 0. The van der Waals surface area contributed by atoms with Crippen LogP contribution in [0, 0.1) is 5.92 Å². The predicted molar refractivity (Wildman–Crippen MR) is 66.5 cm³/mol. The summed E-state index contributed by atoms with van der Waals surface area (Å²) in [5.41, 5.74) is 0.543. The first-order valence-electron chi connectivity index (χ1n) is 6.16. The zero-order valence-corrected chi connectivity index (χ0v) is 11.0. The Morgan fingerprint density at radius 1 is 1.55 bits per heavy atom. The van der Waals surface area contributed by atoms with E-state index in [2.05, 4.69) is 10.3 Å². The average molecular weight is 294 g/mol. The van der Waals surface area contributed by atoms with Crippen LogP contribution in [0.25, 0.3) is 0 Å². The van der Waals surface area contributed by atoms with Gasteiger partial charge in [0.1, 0.15) is 5.69 Å². The number of rotatable bonds is 7. The van der Waals surface area contributed by atoms with E-state index in [0.29, 0.717) is 5.69 Å². The fourth-order valence-electron chi connectivity index (χ4n) is 1.63. The van der Waals surface area contributed by atoms with Crippen molar-refractivity contribution < 1.29 is 27.8 Å². The Hall–Kier alpha value is -1.70. The molecule has 1 aromatic heterocycles. The Kier molecular flexibility index (Phi) is 5.87. The lowest BCUT2D eigenvalue weighted by atomic mass is 10.1. The van der Waals surface area contributed by atoms with Crippen LogP contribution in [0.4, 0.5) is 18.9 Å². The maximum atomic E-state index is 12.4. The minimum atomic E-state index is -4.43. The van der Waals surface area contributed by atoms with E-state index in [1.165, 1.54) is 12.3 Å². The van der Waals surface area contributed by atoms with Gasteiger partial charge < -0.3 is 20.1 Å². The molecule has 0 radical (unpaired) electrons. The molecule has 0 fully saturated rings. The van der Waals surface area contributed by atoms with E-state index >= 15 is 0 Å². The lowest BCUT2D eigenvalue weighted by Crippen LogP contribution is -2.28. The Bertz CT molecular complexity index is 432. The van der Waals surface area contributed by atoms with E-state index in [1.54, 1.807) is 6.92 Å². The number of H-pyrrole nitrogens is 1. The molecule has 0 aliphatic heterocycles. The molecule has 0 bridgehead atoms. The van der Waals surface area contributed by atoms with E-state index in [-0.39, 0.29) is 25.3 Å². The molecule has 1 unspecified atom stereocenters. The van der Waals surface area contributed by atoms with Gasteiger partial charge in [0, 0.05) is 12.7 Å². The summed E-state index contributed by atoms with van der Waals surface area (Å²) in [5.74, 6) is -2.35. The summed E-state index contributed by atoms with van der Waals surface area (Å²) in [6.45, 7) is 0.888. The minimum absolute atomic E-state index is 0.0189. The second-order valence-electron chi connectivity index (χ2n) is 4.12. The molecule has 5 nitrogen and oxygen atoms in total. The first kappa shape index (κ1) is 16.4. The zero-order chi connectivity index (χ0) is 15.2. The Morgan fingerprint density at radius 3 is 2.80 bits per heavy atom.